The Morgan fingerprint density at radius 1 is 1.17 bits per heavy atom. The van der Waals surface area contributed by atoms with E-state index >= 15 is 0 Å². The Labute approximate surface area is 240 Å². The van der Waals surface area contributed by atoms with Gasteiger partial charge in [-0.3, -0.25) is 4.79 Å². The fraction of sp³-hybridized carbons (Fsp3) is 0.519. The molecular weight excluding hydrogens is 561 g/mol. The van der Waals surface area contributed by atoms with Gasteiger partial charge >= 0.3 is 17.8 Å². The number of carboxylic acids is 1. The number of ketones is 1. The van der Waals surface area contributed by atoms with Crippen molar-refractivity contribution in [2.24, 2.45) is 0 Å². The van der Waals surface area contributed by atoms with Crippen molar-refractivity contribution in [1.82, 2.24) is 14.7 Å². The van der Waals surface area contributed by atoms with Crippen molar-refractivity contribution in [3.63, 3.8) is 0 Å². The van der Waals surface area contributed by atoms with Crippen molar-refractivity contribution in [2.75, 3.05) is 44.0 Å². The fourth-order valence-corrected chi connectivity index (χ4v) is 4.21. The van der Waals surface area contributed by atoms with Gasteiger partial charge in [0.05, 0.1) is 32.1 Å². The van der Waals surface area contributed by atoms with Crippen LogP contribution < -0.4 is 29.9 Å². The Morgan fingerprint density at radius 2 is 1.79 bits per heavy atom. The Hall–Kier alpha value is -4.14. The van der Waals surface area contributed by atoms with E-state index in [1.807, 2.05) is 26.0 Å². The minimum absolute atomic E-state index is 0.0191. The second-order valence-corrected chi connectivity index (χ2v) is 10.8. The number of morpholine rings is 1. The Morgan fingerprint density at radius 3 is 2.31 bits per heavy atom. The molecule has 1 aliphatic rings. The number of aliphatic carboxylic acids is 1. The summed E-state index contributed by atoms with van der Waals surface area (Å²) in [6, 6.07) is 7.39. The summed E-state index contributed by atoms with van der Waals surface area (Å²) in [4.78, 5) is 24.6. The quantitative estimate of drug-likeness (QED) is 0.316. The summed E-state index contributed by atoms with van der Waals surface area (Å²) in [5.41, 5.74) is 8.95. The number of fused-ring (bicyclic) bond motifs is 1. The summed E-state index contributed by atoms with van der Waals surface area (Å²) in [6.07, 6.45) is -5.22. The average Bonchev–Trinajstić information content (AvgIpc) is 3.21. The van der Waals surface area contributed by atoms with Crippen LogP contribution in [0.4, 0.5) is 24.8 Å². The van der Waals surface area contributed by atoms with Crippen molar-refractivity contribution in [3.8, 4) is 11.6 Å². The second kappa shape index (κ2) is 12.8. The number of anilines is 2. The molecule has 230 valence electrons. The molecule has 1 fully saturated rings. The highest BCUT2D eigenvalue weighted by molar-refractivity contribution is 5.97. The van der Waals surface area contributed by atoms with Gasteiger partial charge in [0.25, 0.3) is 5.88 Å². The molecule has 42 heavy (non-hydrogen) atoms. The zero-order valence-corrected chi connectivity index (χ0v) is 24.3. The summed E-state index contributed by atoms with van der Waals surface area (Å²) in [7, 11) is 1.68. The molecular formula is C27H35F3N6O6. The van der Waals surface area contributed by atoms with Gasteiger partial charge in [-0.1, -0.05) is 25.3 Å². The van der Waals surface area contributed by atoms with Gasteiger partial charge in [0.2, 0.25) is 5.78 Å². The number of ether oxygens (including phenoxy) is 3. The lowest BCUT2D eigenvalue weighted by Crippen LogP contribution is -2.41. The van der Waals surface area contributed by atoms with Crippen LogP contribution in [0.25, 0.3) is 5.65 Å². The molecule has 12 nitrogen and oxygen atoms in total. The summed E-state index contributed by atoms with van der Waals surface area (Å²) in [6.45, 7) is 13.0. The van der Waals surface area contributed by atoms with Crippen molar-refractivity contribution in [1.29, 1.82) is 0 Å². The van der Waals surface area contributed by atoms with Gasteiger partial charge in [0.15, 0.2) is 6.54 Å². The van der Waals surface area contributed by atoms with Crippen molar-refractivity contribution in [2.45, 2.75) is 58.9 Å². The number of carboxylic acid groups (broad SMARTS) is 1. The minimum atomic E-state index is -5.19. The number of hydrogen-bond donors (Lipinski definition) is 1. The number of carbonyl (C=O) groups excluding carboxylic acids is 2. The van der Waals surface area contributed by atoms with Crippen LogP contribution in [-0.2, 0) is 21.5 Å². The highest BCUT2D eigenvalue weighted by Gasteiger charge is 2.30. The topological polar surface area (TPSA) is 148 Å². The van der Waals surface area contributed by atoms with E-state index < -0.39 is 12.1 Å². The van der Waals surface area contributed by atoms with E-state index in [2.05, 4.69) is 35.9 Å². The molecule has 0 amide bonds. The summed E-state index contributed by atoms with van der Waals surface area (Å²) < 4.78 is 51.6. The molecule has 4 rings (SSSR count). The third kappa shape index (κ3) is 7.78. The number of benzene rings is 1. The first kappa shape index (κ1) is 32.4. The second-order valence-electron chi connectivity index (χ2n) is 10.8. The maximum atomic E-state index is 13.6. The van der Waals surface area contributed by atoms with Gasteiger partial charge < -0.3 is 34.7 Å². The molecule has 3 heterocycles. The Kier molecular flexibility index (Phi) is 9.86. The van der Waals surface area contributed by atoms with Gasteiger partial charge in [-0.05, 0) is 41.6 Å². The molecule has 0 spiro atoms. The van der Waals surface area contributed by atoms with E-state index in [1.165, 1.54) is 4.52 Å². The predicted molar refractivity (Wildman–Crippen MR) is 143 cm³/mol. The molecule has 0 unspecified atom stereocenters. The molecule has 0 bridgehead atoms. The first-order valence-corrected chi connectivity index (χ1v) is 13.1. The number of nitrogens with zero attached hydrogens (tertiary/aromatic N) is 5. The van der Waals surface area contributed by atoms with Crippen molar-refractivity contribution in [3.05, 3.63) is 35.4 Å². The molecule has 1 aromatic carbocycles. The number of alkyl halides is 3. The number of halogens is 3. The number of rotatable bonds is 7. The third-order valence-corrected chi connectivity index (χ3v) is 6.13. The zero-order valence-electron chi connectivity index (χ0n) is 24.3. The molecule has 15 heteroatoms. The molecule has 3 aromatic rings. The largest absolute Gasteiger partial charge is 0.542 e. The predicted octanol–water partition coefficient (Wildman–Crippen LogP) is 1.71. The van der Waals surface area contributed by atoms with E-state index in [0.29, 0.717) is 30.3 Å². The molecule has 0 atom stereocenters. The van der Waals surface area contributed by atoms with Crippen molar-refractivity contribution >= 4 is 29.0 Å². The number of nitrogens with two attached hydrogens (primary N) is 1. The van der Waals surface area contributed by atoms with Gasteiger partial charge in [-0.2, -0.15) is 13.2 Å². The zero-order chi connectivity index (χ0) is 31.4. The molecule has 0 aliphatic carbocycles. The van der Waals surface area contributed by atoms with Crippen LogP contribution in [0.3, 0.4) is 0 Å². The normalized spacial score (nSPS) is 14.0. The molecule has 0 radical (unpaired) electrons. The first-order valence-electron chi connectivity index (χ1n) is 13.1. The van der Waals surface area contributed by atoms with Crippen LogP contribution in [0.15, 0.2) is 24.3 Å². The average molecular weight is 597 g/mol. The number of Topliss-reactive ketones (excluding diaryl/α,β-unsaturated/α-hetero) is 1. The standard InChI is InChI=1S/C25H35N6O4.C2HF3O2/c1-16(2)35-21-7-8-22-30(28-24(26)31(22)27-21)15-20(32)17-13-18(25(3,4)5)23(33-6)19(14-17)29-9-11-34-12-10-29;3-2(4,5)1(6)7/h7-8,13-14,16H,9-12,15H2,1-6H3,(H2,26,28);(H,6,7)/q+1;/p-1. The van der Waals surface area contributed by atoms with Crippen LogP contribution in [0, 0.1) is 0 Å². The maximum absolute atomic E-state index is 13.6. The number of aromatic nitrogens is 4. The number of carbonyl (C=O) groups is 2. The molecule has 2 N–H and O–H groups in total. The van der Waals surface area contributed by atoms with E-state index in [9.17, 15) is 18.0 Å². The highest BCUT2D eigenvalue weighted by Crippen LogP contribution is 2.40. The Bertz CT molecular complexity index is 1430. The lowest BCUT2D eigenvalue weighted by atomic mass is 9.84. The van der Waals surface area contributed by atoms with E-state index in [4.69, 9.17) is 29.8 Å². The summed E-state index contributed by atoms with van der Waals surface area (Å²) in [5.74, 6) is -1.67. The van der Waals surface area contributed by atoms with E-state index in [-0.39, 0.29) is 29.8 Å². The molecule has 0 saturated carbocycles. The third-order valence-electron chi connectivity index (χ3n) is 6.13. The van der Waals surface area contributed by atoms with Crippen LogP contribution in [0.2, 0.25) is 0 Å². The van der Waals surface area contributed by atoms with Gasteiger partial charge in [-0.25, -0.2) is 0 Å². The molecule has 1 saturated heterocycles. The fourth-order valence-electron chi connectivity index (χ4n) is 4.21. The van der Waals surface area contributed by atoms with Crippen LogP contribution >= 0.6 is 0 Å². The van der Waals surface area contributed by atoms with Crippen LogP contribution in [0.1, 0.15) is 50.5 Å². The summed E-state index contributed by atoms with van der Waals surface area (Å²) >= 11 is 0. The van der Waals surface area contributed by atoms with Gasteiger partial charge in [0, 0.05) is 36.3 Å². The molecule has 2 aromatic heterocycles. The van der Waals surface area contributed by atoms with Crippen LogP contribution in [-0.4, -0.2) is 72.2 Å². The monoisotopic (exact) mass is 596 g/mol. The van der Waals surface area contributed by atoms with Crippen molar-refractivity contribution < 1.29 is 46.8 Å². The summed E-state index contributed by atoms with van der Waals surface area (Å²) in [5, 5.41) is 17.5. The minimum Gasteiger partial charge on any atom is -0.542 e. The number of methoxy groups -OCH3 is 1. The lowest BCUT2D eigenvalue weighted by molar-refractivity contribution is -0.714. The van der Waals surface area contributed by atoms with Gasteiger partial charge in [0.1, 0.15) is 11.7 Å². The van der Waals surface area contributed by atoms with Gasteiger partial charge in [-0.15, -0.1) is 4.68 Å². The number of hydrogen-bond acceptors (Lipinski definition) is 10. The van der Waals surface area contributed by atoms with E-state index in [0.717, 1.165) is 30.1 Å². The smallest absolute Gasteiger partial charge is 0.430 e. The Balaban J connectivity index is 0.000000616. The SMILES string of the molecule is COc1c(N2CCOCC2)cc(C(=O)C[n+]2nc(N)n3nc(OC(C)C)ccc32)cc1C(C)(C)C.O=C([O-])C(F)(F)F. The highest BCUT2D eigenvalue weighted by atomic mass is 19.4. The molecule has 1 aliphatic heterocycles. The van der Waals surface area contributed by atoms with E-state index in [1.54, 1.807) is 23.9 Å². The number of nitrogen functional groups attached to an aromatic ring is 1. The van der Waals surface area contributed by atoms with Crippen LogP contribution in [0.5, 0.6) is 11.6 Å². The first-order chi connectivity index (χ1) is 19.5. The maximum Gasteiger partial charge on any atom is 0.430 e. The lowest BCUT2D eigenvalue weighted by Gasteiger charge is -2.33.